The number of hydrazine groups is 1. The molecule has 2 aromatic carbocycles. The summed E-state index contributed by atoms with van der Waals surface area (Å²) < 4.78 is 64.4. The Morgan fingerprint density at radius 1 is 0.952 bits per heavy atom. The standard InChI is InChI=1S/C14H11F5N2/c15-10-5-6-12(16)11(7-10)13(21-20)8-1-3-9(4-2-8)14(17,18)19/h1-7,13,21H,20H2. The summed E-state index contributed by atoms with van der Waals surface area (Å²) in [5.41, 5.74) is 1.64. The van der Waals surface area contributed by atoms with Crippen LogP contribution in [0.3, 0.4) is 0 Å². The lowest BCUT2D eigenvalue weighted by atomic mass is 9.97. The maximum Gasteiger partial charge on any atom is 0.416 e. The highest BCUT2D eigenvalue weighted by atomic mass is 19.4. The summed E-state index contributed by atoms with van der Waals surface area (Å²) in [4.78, 5) is 0. The maximum absolute atomic E-state index is 13.7. The third-order valence-electron chi connectivity index (χ3n) is 3.01. The Hall–Kier alpha value is -1.99. The first-order valence-electron chi connectivity index (χ1n) is 5.91. The zero-order valence-electron chi connectivity index (χ0n) is 10.6. The van der Waals surface area contributed by atoms with Crippen molar-refractivity contribution >= 4 is 0 Å². The van der Waals surface area contributed by atoms with E-state index in [0.29, 0.717) is 0 Å². The van der Waals surface area contributed by atoms with Crippen molar-refractivity contribution in [3.05, 3.63) is 70.8 Å². The highest BCUT2D eigenvalue weighted by Crippen LogP contribution is 2.31. The Labute approximate surface area is 117 Å². The number of rotatable bonds is 3. The molecule has 1 atom stereocenters. The van der Waals surface area contributed by atoms with Gasteiger partial charge in [0.15, 0.2) is 0 Å². The normalized spacial score (nSPS) is 13.2. The van der Waals surface area contributed by atoms with E-state index in [0.717, 1.165) is 42.5 Å². The second-order valence-corrected chi connectivity index (χ2v) is 4.39. The van der Waals surface area contributed by atoms with Crippen LogP contribution in [0.2, 0.25) is 0 Å². The molecule has 1 unspecified atom stereocenters. The first kappa shape index (κ1) is 15.4. The Bertz CT molecular complexity index is 622. The monoisotopic (exact) mass is 302 g/mol. The molecule has 0 aliphatic carbocycles. The summed E-state index contributed by atoms with van der Waals surface area (Å²) in [5.74, 6) is 3.94. The molecule has 7 heteroatoms. The fourth-order valence-corrected chi connectivity index (χ4v) is 1.97. The van der Waals surface area contributed by atoms with Crippen LogP contribution in [0.25, 0.3) is 0 Å². The van der Waals surface area contributed by atoms with Gasteiger partial charge in [0.05, 0.1) is 11.6 Å². The van der Waals surface area contributed by atoms with Crippen molar-refractivity contribution in [1.82, 2.24) is 5.43 Å². The number of hydrogen-bond donors (Lipinski definition) is 2. The Morgan fingerprint density at radius 3 is 2.10 bits per heavy atom. The molecule has 0 radical (unpaired) electrons. The predicted molar refractivity (Wildman–Crippen MR) is 67.0 cm³/mol. The quantitative estimate of drug-likeness (QED) is 0.517. The first-order chi connectivity index (χ1) is 9.82. The van der Waals surface area contributed by atoms with Crippen LogP contribution in [0.5, 0.6) is 0 Å². The van der Waals surface area contributed by atoms with Crippen molar-refractivity contribution in [2.45, 2.75) is 12.2 Å². The Morgan fingerprint density at radius 2 is 1.57 bits per heavy atom. The zero-order valence-corrected chi connectivity index (χ0v) is 10.6. The van der Waals surface area contributed by atoms with Gasteiger partial charge in [-0.2, -0.15) is 13.2 Å². The lowest BCUT2D eigenvalue weighted by molar-refractivity contribution is -0.137. The fourth-order valence-electron chi connectivity index (χ4n) is 1.97. The number of halogens is 5. The molecule has 0 heterocycles. The second kappa shape index (κ2) is 5.79. The minimum Gasteiger partial charge on any atom is -0.271 e. The van der Waals surface area contributed by atoms with Crippen molar-refractivity contribution in [3.63, 3.8) is 0 Å². The van der Waals surface area contributed by atoms with Gasteiger partial charge in [0.25, 0.3) is 0 Å². The molecule has 21 heavy (non-hydrogen) atoms. The van der Waals surface area contributed by atoms with Gasteiger partial charge < -0.3 is 0 Å². The van der Waals surface area contributed by atoms with Gasteiger partial charge in [0, 0.05) is 5.56 Å². The van der Waals surface area contributed by atoms with E-state index in [1.54, 1.807) is 0 Å². The average Bonchev–Trinajstić information content (AvgIpc) is 2.43. The molecule has 2 nitrogen and oxygen atoms in total. The molecule has 2 aromatic rings. The van der Waals surface area contributed by atoms with Gasteiger partial charge in [-0.1, -0.05) is 12.1 Å². The minimum absolute atomic E-state index is 0.0859. The van der Waals surface area contributed by atoms with E-state index in [9.17, 15) is 22.0 Å². The topological polar surface area (TPSA) is 38.0 Å². The van der Waals surface area contributed by atoms with Crippen LogP contribution in [-0.2, 0) is 6.18 Å². The predicted octanol–water partition coefficient (Wildman–Crippen LogP) is 3.54. The number of hydrogen-bond acceptors (Lipinski definition) is 2. The summed E-state index contributed by atoms with van der Waals surface area (Å²) in [5, 5.41) is 0. The highest BCUT2D eigenvalue weighted by molar-refractivity contribution is 5.35. The van der Waals surface area contributed by atoms with E-state index in [2.05, 4.69) is 5.43 Å². The maximum atomic E-state index is 13.7. The molecule has 2 rings (SSSR count). The number of alkyl halides is 3. The molecule has 0 aliphatic heterocycles. The van der Waals surface area contributed by atoms with Gasteiger partial charge in [0.2, 0.25) is 0 Å². The van der Waals surface area contributed by atoms with Crippen molar-refractivity contribution in [2.24, 2.45) is 5.84 Å². The first-order valence-corrected chi connectivity index (χ1v) is 5.91. The van der Waals surface area contributed by atoms with Gasteiger partial charge in [0.1, 0.15) is 11.6 Å². The van der Waals surface area contributed by atoms with Gasteiger partial charge in [-0.25, -0.2) is 14.2 Å². The van der Waals surface area contributed by atoms with E-state index in [-0.39, 0.29) is 11.1 Å². The van der Waals surface area contributed by atoms with Crippen molar-refractivity contribution in [2.75, 3.05) is 0 Å². The molecular formula is C14H11F5N2. The molecule has 0 saturated carbocycles. The Balaban J connectivity index is 2.40. The van der Waals surface area contributed by atoms with E-state index in [1.807, 2.05) is 0 Å². The van der Waals surface area contributed by atoms with E-state index >= 15 is 0 Å². The van der Waals surface area contributed by atoms with Crippen LogP contribution in [0.15, 0.2) is 42.5 Å². The van der Waals surface area contributed by atoms with Gasteiger partial charge >= 0.3 is 6.18 Å². The molecule has 0 bridgehead atoms. The fraction of sp³-hybridized carbons (Fsp3) is 0.143. The SMILES string of the molecule is NNC(c1ccc(C(F)(F)F)cc1)c1cc(F)ccc1F. The van der Waals surface area contributed by atoms with Crippen LogP contribution in [0, 0.1) is 11.6 Å². The third-order valence-corrected chi connectivity index (χ3v) is 3.01. The van der Waals surface area contributed by atoms with Gasteiger partial charge in [-0.15, -0.1) is 0 Å². The number of benzene rings is 2. The van der Waals surface area contributed by atoms with Crippen LogP contribution < -0.4 is 11.3 Å². The summed E-state index contributed by atoms with van der Waals surface area (Å²) in [6.07, 6.45) is -4.46. The molecule has 0 aliphatic rings. The molecule has 112 valence electrons. The van der Waals surface area contributed by atoms with Crippen LogP contribution in [-0.4, -0.2) is 0 Å². The van der Waals surface area contributed by atoms with Crippen LogP contribution in [0.4, 0.5) is 22.0 Å². The molecule has 3 N–H and O–H groups in total. The summed E-state index contributed by atoms with van der Waals surface area (Å²) in [6, 6.07) is 5.90. The van der Waals surface area contributed by atoms with Crippen LogP contribution in [0.1, 0.15) is 22.7 Å². The highest BCUT2D eigenvalue weighted by Gasteiger charge is 2.30. The van der Waals surface area contributed by atoms with E-state index < -0.39 is 29.4 Å². The molecule has 0 saturated heterocycles. The smallest absolute Gasteiger partial charge is 0.271 e. The zero-order chi connectivity index (χ0) is 15.6. The second-order valence-electron chi connectivity index (χ2n) is 4.39. The molecular weight excluding hydrogens is 291 g/mol. The molecule has 0 aromatic heterocycles. The van der Waals surface area contributed by atoms with Crippen LogP contribution >= 0.6 is 0 Å². The molecule has 0 spiro atoms. The third kappa shape index (κ3) is 3.37. The number of nitrogens with one attached hydrogen (secondary N) is 1. The Kier molecular flexibility index (Phi) is 4.24. The molecule has 0 fully saturated rings. The average molecular weight is 302 g/mol. The minimum atomic E-state index is -4.46. The van der Waals surface area contributed by atoms with Gasteiger partial charge in [-0.3, -0.25) is 5.84 Å². The summed E-state index contributed by atoms with van der Waals surface area (Å²) in [7, 11) is 0. The van der Waals surface area contributed by atoms with Crippen molar-refractivity contribution in [1.29, 1.82) is 0 Å². The van der Waals surface area contributed by atoms with Gasteiger partial charge in [-0.05, 0) is 35.9 Å². The van der Waals surface area contributed by atoms with E-state index in [4.69, 9.17) is 5.84 Å². The largest absolute Gasteiger partial charge is 0.416 e. The van der Waals surface area contributed by atoms with Crippen molar-refractivity contribution in [3.8, 4) is 0 Å². The number of nitrogens with two attached hydrogens (primary N) is 1. The van der Waals surface area contributed by atoms with E-state index in [1.165, 1.54) is 0 Å². The lowest BCUT2D eigenvalue weighted by Crippen LogP contribution is -2.29. The lowest BCUT2D eigenvalue weighted by Gasteiger charge is -2.18. The van der Waals surface area contributed by atoms with Crippen molar-refractivity contribution < 1.29 is 22.0 Å². The summed E-state index contributed by atoms with van der Waals surface area (Å²) in [6.45, 7) is 0. The summed E-state index contributed by atoms with van der Waals surface area (Å²) >= 11 is 0. The molecule has 0 amide bonds.